The maximum absolute atomic E-state index is 12.7. The molecule has 1 saturated carbocycles. The third-order valence-electron chi connectivity index (χ3n) is 3.34. The molecule has 0 spiro atoms. The highest BCUT2D eigenvalue weighted by Gasteiger charge is 2.32. The normalized spacial score (nSPS) is 21.8. The second kappa shape index (κ2) is 6.98. The van der Waals surface area contributed by atoms with Crippen LogP contribution in [-0.2, 0) is 11.0 Å². The van der Waals surface area contributed by atoms with Gasteiger partial charge in [0.05, 0.1) is 5.56 Å². The number of halogens is 5. The van der Waals surface area contributed by atoms with E-state index in [1.807, 2.05) is 0 Å². The molecule has 3 nitrogen and oxygen atoms in total. The van der Waals surface area contributed by atoms with Crippen molar-refractivity contribution in [1.29, 1.82) is 0 Å². The van der Waals surface area contributed by atoms with Crippen molar-refractivity contribution in [3.8, 4) is 0 Å². The summed E-state index contributed by atoms with van der Waals surface area (Å²) in [6.45, 7) is 0. The molecule has 1 aromatic carbocycles. The van der Waals surface area contributed by atoms with Crippen LogP contribution in [0.25, 0.3) is 0 Å². The molecule has 0 saturated heterocycles. The number of carbonyl (C=O) groups is 1. The zero-order chi connectivity index (χ0) is 14.9. The minimum absolute atomic E-state index is 0. The second-order valence-electron chi connectivity index (χ2n) is 4.99. The minimum atomic E-state index is -4.45. The fourth-order valence-electron chi connectivity index (χ4n) is 2.32. The summed E-state index contributed by atoms with van der Waals surface area (Å²) in [5, 5.41) is 2.53. The van der Waals surface area contributed by atoms with E-state index >= 15 is 0 Å². The predicted molar refractivity (Wildman–Crippen MR) is 80.3 cm³/mol. The number of nitrogens with two attached hydrogens (primary N) is 1. The van der Waals surface area contributed by atoms with Gasteiger partial charge in [0.15, 0.2) is 0 Å². The minimum Gasteiger partial charge on any atom is -0.328 e. The highest BCUT2D eigenvalue weighted by molar-refractivity contribution is 9.10. The number of benzene rings is 1. The van der Waals surface area contributed by atoms with Gasteiger partial charge in [-0.2, -0.15) is 13.2 Å². The van der Waals surface area contributed by atoms with Gasteiger partial charge in [-0.3, -0.25) is 4.79 Å². The fourth-order valence-corrected chi connectivity index (χ4v) is 2.82. The summed E-state index contributed by atoms with van der Waals surface area (Å²) in [7, 11) is 0. The number of anilines is 1. The molecule has 1 fully saturated rings. The van der Waals surface area contributed by atoms with Gasteiger partial charge in [-0.15, -0.1) is 12.4 Å². The summed E-state index contributed by atoms with van der Waals surface area (Å²) in [6.07, 6.45) is -2.43. The second-order valence-corrected chi connectivity index (χ2v) is 5.90. The van der Waals surface area contributed by atoms with Crippen molar-refractivity contribution in [3.63, 3.8) is 0 Å². The molecular formula is C13H15BrClF3N2O. The maximum atomic E-state index is 12.7. The van der Waals surface area contributed by atoms with E-state index in [1.54, 1.807) is 0 Å². The summed E-state index contributed by atoms with van der Waals surface area (Å²) in [5.41, 5.74) is 5.06. The largest absolute Gasteiger partial charge is 0.416 e. The van der Waals surface area contributed by atoms with Gasteiger partial charge in [-0.25, -0.2) is 0 Å². The fraction of sp³-hybridized carbons (Fsp3) is 0.462. The molecule has 2 unspecified atom stereocenters. The van der Waals surface area contributed by atoms with Crippen molar-refractivity contribution >= 4 is 39.9 Å². The third kappa shape index (κ3) is 4.86. The molecule has 2 rings (SSSR count). The zero-order valence-corrected chi connectivity index (χ0v) is 13.3. The number of alkyl halides is 3. The molecule has 2 atom stereocenters. The molecule has 3 N–H and O–H groups in total. The van der Waals surface area contributed by atoms with Crippen molar-refractivity contribution < 1.29 is 18.0 Å². The summed E-state index contributed by atoms with van der Waals surface area (Å²) < 4.78 is 38.3. The van der Waals surface area contributed by atoms with E-state index in [2.05, 4.69) is 21.2 Å². The van der Waals surface area contributed by atoms with Crippen molar-refractivity contribution in [3.05, 3.63) is 28.2 Å². The van der Waals surface area contributed by atoms with Crippen molar-refractivity contribution in [2.24, 2.45) is 11.7 Å². The smallest absolute Gasteiger partial charge is 0.328 e. The number of carbonyl (C=O) groups excluding carboxylic acids is 1. The average Bonchev–Trinajstić information content (AvgIpc) is 2.74. The van der Waals surface area contributed by atoms with Gasteiger partial charge in [0.25, 0.3) is 0 Å². The molecule has 0 aromatic heterocycles. The van der Waals surface area contributed by atoms with E-state index in [0.717, 1.165) is 18.6 Å². The first kappa shape index (κ1) is 18.3. The standard InChI is InChI=1S/C13H14BrF3N2O.ClH/c14-9-4-8(13(15,16)17)5-11(6-9)19-12(20)7-1-2-10(18)3-7;/h4-7,10H,1-3,18H2,(H,19,20);1H. The predicted octanol–water partition coefficient (Wildman–Crippen LogP) is 3.96. The Morgan fingerprint density at radius 1 is 1.29 bits per heavy atom. The Kier molecular flexibility index (Phi) is 6.07. The van der Waals surface area contributed by atoms with Gasteiger partial charge in [0, 0.05) is 22.1 Å². The van der Waals surface area contributed by atoms with E-state index in [4.69, 9.17) is 5.73 Å². The Bertz CT molecular complexity index is 525. The van der Waals surface area contributed by atoms with E-state index < -0.39 is 11.7 Å². The lowest BCUT2D eigenvalue weighted by atomic mass is 10.1. The van der Waals surface area contributed by atoms with Gasteiger partial charge in [-0.1, -0.05) is 15.9 Å². The van der Waals surface area contributed by atoms with Crippen LogP contribution in [0.1, 0.15) is 24.8 Å². The molecule has 21 heavy (non-hydrogen) atoms. The number of amides is 1. The van der Waals surface area contributed by atoms with Gasteiger partial charge in [-0.05, 0) is 37.5 Å². The highest BCUT2D eigenvalue weighted by Crippen LogP contribution is 2.34. The van der Waals surface area contributed by atoms with Gasteiger partial charge < -0.3 is 11.1 Å². The number of rotatable bonds is 2. The van der Waals surface area contributed by atoms with Gasteiger partial charge >= 0.3 is 6.18 Å². The number of nitrogens with one attached hydrogen (secondary N) is 1. The Balaban J connectivity index is 0.00000220. The van der Waals surface area contributed by atoms with Crippen LogP contribution < -0.4 is 11.1 Å². The molecule has 118 valence electrons. The van der Waals surface area contributed by atoms with Gasteiger partial charge in [0.1, 0.15) is 0 Å². The van der Waals surface area contributed by atoms with Crippen molar-refractivity contribution in [2.45, 2.75) is 31.5 Å². The third-order valence-corrected chi connectivity index (χ3v) is 3.79. The van der Waals surface area contributed by atoms with Crippen LogP contribution in [0.4, 0.5) is 18.9 Å². The molecule has 8 heteroatoms. The molecule has 1 aliphatic rings. The zero-order valence-electron chi connectivity index (χ0n) is 10.9. The van der Waals surface area contributed by atoms with E-state index in [9.17, 15) is 18.0 Å². The summed E-state index contributed by atoms with van der Waals surface area (Å²) in [5.74, 6) is -0.498. The topological polar surface area (TPSA) is 55.1 Å². The van der Waals surface area contributed by atoms with Crippen LogP contribution in [0.15, 0.2) is 22.7 Å². The Morgan fingerprint density at radius 3 is 2.48 bits per heavy atom. The van der Waals surface area contributed by atoms with E-state index in [0.29, 0.717) is 12.8 Å². The first-order chi connectivity index (χ1) is 9.25. The van der Waals surface area contributed by atoms with Crippen LogP contribution >= 0.6 is 28.3 Å². The molecule has 0 heterocycles. The molecule has 0 radical (unpaired) electrons. The summed E-state index contributed by atoms with van der Waals surface area (Å²) >= 11 is 3.02. The number of hydrogen-bond acceptors (Lipinski definition) is 2. The molecule has 1 aliphatic carbocycles. The lowest BCUT2D eigenvalue weighted by Gasteiger charge is -2.13. The Labute approximate surface area is 135 Å². The monoisotopic (exact) mass is 386 g/mol. The Morgan fingerprint density at radius 2 is 1.95 bits per heavy atom. The van der Waals surface area contributed by atoms with Crippen LogP contribution in [-0.4, -0.2) is 11.9 Å². The molecule has 1 aromatic rings. The lowest BCUT2D eigenvalue weighted by molar-refractivity contribution is -0.137. The van der Waals surface area contributed by atoms with Gasteiger partial charge in [0.2, 0.25) is 5.91 Å². The first-order valence-corrected chi connectivity index (χ1v) is 6.99. The molecule has 0 bridgehead atoms. The quantitative estimate of drug-likeness (QED) is 0.807. The SMILES string of the molecule is Cl.NC1CCC(C(=O)Nc2cc(Br)cc(C(F)(F)F)c2)C1. The van der Waals surface area contributed by atoms with E-state index in [1.165, 1.54) is 6.07 Å². The lowest BCUT2D eigenvalue weighted by Crippen LogP contribution is -2.23. The first-order valence-electron chi connectivity index (χ1n) is 6.20. The molecular weight excluding hydrogens is 373 g/mol. The van der Waals surface area contributed by atoms with Crippen LogP contribution in [0.3, 0.4) is 0 Å². The Hall–Kier alpha value is -0.790. The highest BCUT2D eigenvalue weighted by atomic mass is 79.9. The summed E-state index contributed by atoms with van der Waals surface area (Å²) in [4.78, 5) is 12.0. The molecule has 0 aliphatic heterocycles. The van der Waals surface area contributed by atoms with Crippen molar-refractivity contribution in [2.75, 3.05) is 5.32 Å². The summed E-state index contributed by atoms with van der Waals surface area (Å²) in [6, 6.07) is 3.35. The number of hydrogen-bond donors (Lipinski definition) is 2. The maximum Gasteiger partial charge on any atom is 0.416 e. The average molecular weight is 388 g/mol. The van der Waals surface area contributed by atoms with E-state index in [-0.39, 0.29) is 40.4 Å². The van der Waals surface area contributed by atoms with Crippen molar-refractivity contribution in [1.82, 2.24) is 0 Å². The van der Waals surface area contributed by atoms with Crippen LogP contribution in [0.2, 0.25) is 0 Å². The van der Waals surface area contributed by atoms with Crippen LogP contribution in [0, 0.1) is 5.92 Å². The molecule has 1 amide bonds. The van der Waals surface area contributed by atoms with Crippen LogP contribution in [0.5, 0.6) is 0 Å².